The first kappa shape index (κ1) is 21.2. The van der Waals surface area contributed by atoms with Crippen molar-refractivity contribution in [2.24, 2.45) is 0 Å². The van der Waals surface area contributed by atoms with E-state index < -0.39 is 0 Å². The number of hydrogen-bond donors (Lipinski definition) is 2. The summed E-state index contributed by atoms with van der Waals surface area (Å²) in [5, 5.41) is 4.95. The van der Waals surface area contributed by atoms with Crippen molar-refractivity contribution in [3.05, 3.63) is 101 Å². The number of rotatable bonds is 9. The minimum Gasteiger partial charge on any atom is -0.497 e. The van der Waals surface area contributed by atoms with E-state index in [0.717, 1.165) is 35.2 Å². The van der Waals surface area contributed by atoms with Crippen LogP contribution in [-0.2, 0) is 6.42 Å². The van der Waals surface area contributed by atoms with E-state index in [1.165, 1.54) is 5.56 Å². The quantitative estimate of drug-likeness (QED) is 0.266. The number of Topliss-reactive ketones (excluding diaryl/α,β-unsaturated/α-hetero) is 1. The van der Waals surface area contributed by atoms with Crippen LogP contribution in [0.1, 0.15) is 27.4 Å². The fraction of sp³-hybridized carbons (Fsp3) is 0.192. The molecule has 3 aromatic carbocycles. The zero-order valence-electron chi connectivity index (χ0n) is 17.4. The third-order valence-electron chi connectivity index (χ3n) is 5.55. The molecule has 31 heavy (non-hydrogen) atoms. The van der Waals surface area contributed by atoms with Crippen molar-refractivity contribution in [2.75, 3.05) is 20.2 Å². The Morgan fingerprint density at radius 2 is 1.81 bits per heavy atom. The van der Waals surface area contributed by atoms with Crippen molar-refractivity contribution < 1.29 is 9.53 Å². The van der Waals surface area contributed by atoms with Gasteiger partial charge in [-0.05, 0) is 42.3 Å². The average molecular weight is 433 g/mol. The first-order chi connectivity index (χ1) is 15.2. The number of methoxy groups -OCH3 is 1. The van der Waals surface area contributed by atoms with E-state index in [9.17, 15) is 4.79 Å². The molecular formula is C26H25ClN2O2. The van der Waals surface area contributed by atoms with E-state index in [4.69, 9.17) is 16.3 Å². The number of fused-ring (bicyclic) bond motifs is 1. The Balaban J connectivity index is 1.49. The molecule has 0 spiro atoms. The summed E-state index contributed by atoms with van der Waals surface area (Å²) < 4.78 is 5.21. The molecule has 2 N–H and O–H groups in total. The molecule has 5 heteroatoms. The molecule has 1 aromatic heterocycles. The zero-order chi connectivity index (χ0) is 21.6. The molecule has 0 aliphatic rings. The molecule has 0 saturated heterocycles. The molecule has 0 aliphatic carbocycles. The van der Waals surface area contributed by atoms with Gasteiger partial charge in [-0.15, -0.1) is 0 Å². The predicted octanol–water partition coefficient (Wildman–Crippen LogP) is 5.63. The molecule has 4 rings (SSSR count). The summed E-state index contributed by atoms with van der Waals surface area (Å²) in [6, 6.07) is 23.6. The van der Waals surface area contributed by atoms with E-state index in [-0.39, 0.29) is 11.7 Å². The minimum absolute atomic E-state index is 0.0802. The number of halogens is 1. The average Bonchev–Trinajstić information content (AvgIpc) is 3.25. The monoisotopic (exact) mass is 432 g/mol. The summed E-state index contributed by atoms with van der Waals surface area (Å²) >= 11 is 6.29. The van der Waals surface area contributed by atoms with E-state index in [0.29, 0.717) is 17.1 Å². The Labute approximate surface area is 187 Å². The van der Waals surface area contributed by atoms with Gasteiger partial charge in [0.2, 0.25) is 0 Å². The minimum atomic E-state index is -0.282. The summed E-state index contributed by atoms with van der Waals surface area (Å²) in [6.07, 6.45) is 2.65. The summed E-state index contributed by atoms with van der Waals surface area (Å²) in [6.45, 7) is 1.34. The maximum Gasteiger partial charge on any atom is 0.173 e. The second-order valence-electron chi connectivity index (χ2n) is 7.49. The fourth-order valence-electron chi connectivity index (χ4n) is 3.83. The number of carbonyl (C=O) groups is 1. The Kier molecular flexibility index (Phi) is 6.70. The first-order valence-corrected chi connectivity index (χ1v) is 10.7. The Morgan fingerprint density at radius 1 is 1.03 bits per heavy atom. The van der Waals surface area contributed by atoms with Crippen LogP contribution in [0.3, 0.4) is 0 Å². The highest BCUT2D eigenvalue weighted by Crippen LogP contribution is 2.29. The number of H-pyrrole nitrogens is 1. The number of aromatic nitrogens is 1. The number of hydrogen-bond acceptors (Lipinski definition) is 3. The first-order valence-electron chi connectivity index (χ1n) is 10.4. The van der Waals surface area contributed by atoms with Crippen LogP contribution in [0, 0.1) is 0 Å². The molecule has 1 unspecified atom stereocenters. The van der Waals surface area contributed by atoms with Crippen molar-refractivity contribution in [3.63, 3.8) is 0 Å². The van der Waals surface area contributed by atoms with Gasteiger partial charge >= 0.3 is 0 Å². The molecule has 1 atom stereocenters. The largest absolute Gasteiger partial charge is 0.497 e. The maximum atomic E-state index is 13.5. The number of aromatic amines is 1. The lowest BCUT2D eigenvalue weighted by atomic mass is 9.90. The van der Waals surface area contributed by atoms with Gasteiger partial charge in [-0.3, -0.25) is 4.79 Å². The molecule has 4 nitrogen and oxygen atoms in total. The number of ether oxygens (including phenoxy) is 1. The molecule has 0 aliphatic heterocycles. The Hall–Kier alpha value is -3.08. The molecule has 0 fully saturated rings. The van der Waals surface area contributed by atoms with Crippen molar-refractivity contribution in [2.45, 2.75) is 12.3 Å². The summed E-state index contributed by atoms with van der Waals surface area (Å²) in [7, 11) is 1.67. The van der Waals surface area contributed by atoms with Crippen LogP contribution in [0.15, 0.2) is 79.0 Å². The Bertz CT molecular complexity index is 1150. The summed E-state index contributed by atoms with van der Waals surface area (Å²) in [5.74, 6) is 0.650. The van der Waals surface area contributed by atoms with E-state index in [1.54, 1.807) is 13.3 Å². The second-order valence-corrected chi connectivity index (χ2v) is 7.90. The van der Waals surface area contributed by atoms with Crippen molar-refractivity contribution in [1.29, 1.82) is 0 Å². The van der Waals surface area contributed by atoms with Crippen LogP contribution in [0.5, 0.6) is 5.75 Å². The van der Waals surface area contributed by atoms with Gasteiger partial charge in [-0.1, -0.05) is 66.2 Å². The van der Waals surface area contributed by atoms with Crippen LogP contribution >= 0.6 is 11.6 Å². The normalized spacial score (nSPS) is 12.1. The zero-order valence-corrected chi connectivity index (χ0v) is 18.2. The predicted molar refractivity (Wildman–Crippen MR) is 126 cm³/mol. The highest BCUT2D eigenvalue weighted by atomic mass is 35.5. The van der Waals surface area contributed by atoms with E-state index in [1.807, 2.05) is 60.7 Å². The SMILES string of the molecule is COc1ccc(CCNCC(C(=O)c2c[nH]c3c(Cl)cccc23)c2ccccc2)cc1. The molecule has 4 aromatic rings. The standard InChI is InChI=1S/C26H25ClN2O2/c1-31-20-12-10-18(11-13-20)14-15-28-16-22(19-6-3-2-4-7-19)26(30)23-17-29-25-21(23)8-5-9-24(25)27/h2-13,17,22,28-29H,14-16H2,1H3. The number of para-hydroxylation sites is 1. The molecule has 0 radical (unpaired) electrons. The summed E-state index contributed by atoms with van der Waals surface area (Å²) in [4.78, 5) is 16.7. The lowest BCUT2D eigenvalue weighted by Gasteiger charge is -2.17. The smallest absolute Gasteiger partial charge is 0.173 e. The van der Waals surface area contributed by atoms with Crippen LogP contribution in [0.4, 0.5) is 0 Å². The number of carbonyl (C=O) groups excluding carboxylic acids is 1. The fourth-order valence-corrected chi connectivity index (χ4v) is 4.06. The van der Waals surface area contributed by atoms with Crippen molar-refractivity contribution in [1.82, 2.24) is 10.3 Å². The lowest BCUT2D eigenvalue weighted by molar-refractivity contribution is 0.0960. The van der Waals surface area contributed by atoms with Gasteiger partial charge < -0.3 is 15.0 Å². The lowest BCUT2D eigenvalue weighted by Crippen LogP contribution is -2.28. The molecule has 158 valence electrons. The van der Waals surface area contributed by atoms with Gasteiger partial charge in [0, 0.05) is 23.7 Å². The van der Waals surface area contributed by atoms with Crippen molar-refractivity contribution >= 4 is 28.3 Å². The van der Waals surface area contributed by atoms with Gasteiger partial charge in [0.15, 0.2) is 5.78 Å². The van der Waals surface area contributed by atoms with Gasteiger partial charge in [0.05, 0.1) is 23.6 Å². The third kappa shape index (κ3) is 4.82. The number of ketones is 1. The Morgan fingerprint density at radius 3 is 2.55 bits per heavy atom. The molecule has 0 saturated carbocycles. The molecular weight excluding hydrogens is 408 g/mol. The van der Waals surface area contributed by atoms with Crippen LogP contribution in [-0.4, -0.2) is 31.0 Å². The number of benzene rings is 3. The van der Waals surface area contributed by atoms with Gasteiger partial charge in [0.1, 0.15) is 5.75 Å². The van der Waals surface area contributed by atoms with Gasteiger partial charge in [-0.2, -0.15) is 0 Å². The van der Waals surface area contributed by atoms with Gasteiger partial charge in [-0.25, -0.2) is 0 Å². The number of nitrogens with one attached hydrogen (secondary N) is 2. The van der Waals surface area contributed by atoms with Crippen molar-refractivity contribution in [3.8, 4) is 5.75 Å². The summed E-state index contributed by atoms with van der Waals surface area (Å²) in [5.41, 5.74) is 3.69. The topological polar surface area (TPSA) is 54.1 Å². The second kappa shape index (κ2) is 9.82. The molecule has 0 amide bonds. The third-order valence-corrected chi connectivity index (χ3v) is 5.86. The molecule has 1 heterocycles. The van der Waals surface area contributed by atoms with Crippen LogP contribution < -0.4 is 10.1 Å². The van der Waals surface area contributed by atoms with E-state index >= 15 is 0 Å². The van der Waals surface area contributed by atoms with E-state index in [2.05, 4.69) is 22.4 Å². The van der Waals surface area contributed by atoms with Gasteiger partial charge in [0.25, 0.3) is 0 Å². The highest BCUT2D eigenvalue weighted by Gasteiger charge is 2.24. The highest BCUT2D eigenvalue weighted by molar-refractivity contribution is 6.35. The van der Waals surface area contributed by atoms with Crippen LogP contribution in [0.25, 0.3) is 10.9 Å². The maximum absolute atomic E-state index is 13.5. The van der Waals surface area contributed by atoms with Crippen LogP contribution in [0.2, 0.25) is 5.02 Å². The molecule has 0 bridgehead atoms.